The van der Waals surface area contributed by atoms with Gasteiger partial charge in [0.25, 0.3) is 0 Å². The van der Waals surface area contributed by atoms with E-state index in [0.29, 0.717) is 9.79 Å². The van der Waals surface area contributed by atoms with Gasteiger partial charge in [-0.2, -0.15) is 0 Å². The van der Waals surface area contributed by atoms with Crippen molar-refractivity contribution in [3.63, 3.8) is 0 Å². The number of halogens is 2. The second-order valence-corrected chi connectivity index (χ2v) is 9.55. The van der Waals surface area contributed by atoms with E-state index in [2.05, 4.69) is 0 Å². The van der Waals surface area contributed by atoms with Crippen LogP contribution in [0.25, 0.3) is 0 Å². The van der Waals surface area contributed by atoms with E-state index < -0.39 is 57.0 Å². The highest BCUT2D eigenvalue weighted by Crippen LogP contribution is 2.48. The Kier molecular flexibility index (Phi) is 5.63. The van der Waals surface area contributed by atoms with Gasteiger partial charge in [-0.15, -0.1) is 0 Å². The predicted molar refractivity (Wildman–Crippen MR) is 124 cm³/mol. The molecule has 0 aliphatic heterocycles. The van der Waals surface area contributed by atoms with Crippen molar-refractivity contribution in [3.05, 3.63) is 107 Å². The number of rotatable bonds is 4. The average molecular weight is 493 g/mol. The smallest absolute Gasteiger partial charge is 0.201 e. The molecule has 2 N–H and O–H groups in total. The molecule has 1 aliphatic carbocycles. The van der Waals surface area contributed by atoms with Gasteiger partial charge in [-0.05, 0) is 36.4 Å². The van der Waals surface area contributed by atoms with Gasteiger partial charge in [-0.1, -0.05) is 59.9 Å². The molecule has 0 spiro atoms. The molecule has 4 aromatic carbocycles. The molecule has 0 saturated heterocycles. The maximum atomic E-state index is 16.0. The highest BCUT2D eigenvalue weighted by Gasteiger charge is 2.41. The molecule has 34 heavy (non-hydrogen) atoms. The van der Waals surface area contributed by atoms with Crippen LogP contribution in [0.1, 0.15) is 31.8 Å². The van der Waals surface area contributed by atoms with Gasteiger partial charge >= 0.3 is 0 Å². The zero-order valence-electron chi connectivity index (χ0n) is 17.2. The number of fused-ring (bicyclic) bond motifs is 2. The number of hydrogen-bond acceptors (Lipinski definition) is 6. The van der Waals surface area contributed by atoms with E-state index in [4.69, 9.17) is 0 Å². The van der Waals surface area contributed by atoms with Crippen LogP contribution in [-0.4, -0.2) is 21.8 Å². The first-order chi connectivity index (χ1) is 16.4. The Hall–Kier alpha value is -3.62. The lowest BCUT2D eigenvalue weighted by Gasteiger charge is -2.23. The molecule has 4 nitrogen and oxygen atoms in total. The quantitative estimate of drug-likeness (QED) is 0.281. The van der Waals surface area contributed by atoms with Gasteiger partial charge in [0, 0.05) is 9.79 Å². The van der Waals surface area contributed by atoms with Crippen molar-refractivity contribution >= 4 is 35.1 Å². The molecule has 0 heterocycles. The summed E-state index contributed by atoms with van der Waals surface area (Å²) in [5, 5.41) is 20.4. The number of carbonyl (C=O) groups is 2. The van der Waals surface area contributed by atoms with E-state index >= 15 is 8.78 Å². The highest BCUT2D eigenvalue weighted by atomic mass is 32.2. The summed E-state index contributed by atoms with van der Waals surface area (Å²) in [5.74, 6) is -5.46. The number of benzene rings is 4. The zero-order valence-corrected chi connectivity index (χ0v) is 18.8. The first-order valence-corrected chi connectivity index (χ1v) is 11.7. The summed E-state index contributed by atoms with van der Waals surface area (Å²) in [6.45, 7) is 0. The van der Waals surface area contributed by atoms with Crippen molar-refractivity contribution in [2.75, 3.05) is 0 Å². The zero-order chi connectivity index (χ0) is 24.0. The third-order valence-electron chi connectivity index (χ3n) is 5.29. The third kappa shape index (κ3) is 3.55. The molecule has 0 bridgehead atoms. The molecular weight excluding hydrogens is 478 g/mol. The summed E-state index contributed by atoms with van der Waals surface area (Å²) in [6.07, 6.45) is 0. The van der Waals surface area contributed by atoms with Crippen LogP contribution >= 0.6 is 23.5 Å². The molecule has 0 unspecified atom stereocenters. The Morgan fingerprint density at radius 3 is 1.24 bits per heavy atom. The number of phenolic OH excluding ortho intramolecular Hbond substituents is 2. The fourth-order valence-electron chi connectivity index (χ4n) is 3.76. The van der Waals surface area contributed by atoms with E-state index in [1.54, 1.807) is 60.7 Å². The van der Waals surface area contributed by atoms with Gasteiger partial charge < -0.3 is 10.2 Å². The van der Waals surface area contributed by atoms with Crippen LogP contribution in [0, 0.1) is 11.6 Å². The Balaban J connectivity index is 1.79. The Morgan fingerprint density at radius 2 is 0.882 bits per heavy atom. The van der Waals surface area contributed by atoms with Gasteiger partial charge in [-0.3, -0.25) is 9.59 Å². The van der Waals surface area contributed by atoms with E-state index in [9.17, 15) is 19.8 Å². The molecule has 0 amide bonds. The molecule has 5 rings (SSSR count). The van der Waals surface area contributed by atoms with E-state index in [1.165, 1.54) is 0 Å². The van der Waals surface area contributed by atoms with E-state index in [-0.39, 0.29) is 9.79 Å². The van der Waals surface area contributed by atoms with Crippen molar-refractivity contribution in [3.8, 4) is 11.5 Å². The van der Waals surface area contributed by atoms with Crippen LogP contribution in [0.5, 0.6) is 11.5 Å². The van der Waals surface area contributed by atoms with Crippen LogP contribution in [0.4, 0.5) is 8.78 Å². The third-order valence-corrected chi connectivity index (χ3v) is 7.61. The molecule has 168 valence electrons. The van der Waals surface area contributed by atoms with Crippen molar-refractivity contribution in [2.45, 2.75) is 19.6 Å². The number of aromatic hydroxyl groups is 2. The van der Waals surface area contributed by atoms with Crippen LogP contribution in [-0.2, 0) is 0 Å². The van der Waals surface area contributed by atoms with Gasteiger partial charge in [0.05, 0.1) is 32.0 Å². The maximum absolute atomic E-state index is 16.0. The molecular formula is C26H14F2O4S2. The van der Waals surface area contributed by atoms with Crippen molar-refractivity contribution < 1.29 is 28.6 Å². The lowest BCUT2D eigenvalue weighted by atomic mass is 9.82. The molecule has 0 radical (unpaired) electrons. The first kappa shape index (κ1) is 22.2. The minimum absolute atomic E-state index is 0.152. The number of phenols is 2. The van der Waals surface area contributed by atoms with Crippen molar-refractivity contribution in [1.82, 2.24) is 0 Å². The SMILES string of the molecule is O=C1c2c(O)ccc(O)c2C(=O)c2c(F)c(Sc3ccccc3)c(Sc3ccccc3)c(F)c21. The Morgan fingerprint density at radius 1 is 0.529 bits per heavy atom. The monoisotopic (exact) mass is 492 g/mol. The largest absolute Gasteiger partial charge is 0.507 e. The number of carbonyl (C=O) groups excluding carboxylic acids is 2. The first-order valence-electron chi connectivity index (χ1n) is 10.0. The van der Waals surface area contributed by atoms with Crippen LogP contribution in [0.2, 0.25) is 0 Å². The molecule has 8 heteroatoms. The maximum Gasteiger partial charge on any atom is 0.201 e. The lowest BCUT2D eigenvalue weighted by Crippen LogP contribution is -2.25. The molecule has 0 atom stereocenters. The van der Waals surface area contributed by atoms with Crippen LogP contribution in [0.15, 0.2) is 92.4 Å². The second-order valence-electron chi connectivity index (χ2n) is 7.38. The molecule has 4 aromatic rings. The lowest BCUT2D eigenvalue weighted by molar-refractivity contribution is 0.0965. The molecule has 0 fully saturated rings. The van der Waals surface area contributed by atoms with E-state index in [0.717, 1.165) is 35.7 Å². The van der Waals surface area contributed by atoms with Crippen molar-refractivity contribution in [1.29, 1.82) is 0 Å². The van der Waals surface area contributed by atoms with Gasteiger partial charge in [-0.25, -0.2) is 8.78 Å². The van der Waals surface area contributed by atoms with Crippen molar-refractivity contribution in [2.24, 2.45) is 0 Å². The molecule has 1 aliphatic rings. The highest BCUT2D eigenvalue weighted by molar-refractivity contribution is 8.02. The Labute approximate surface area is 201 Å². The summed E-state index contributed by atoms with van der Waals surface area (Å²) in [5.41, 5.74) is -2.61. The van der Waals surface area contributed by atoms with E-state index in [1.807, 2.05) is 0 Å². The standard InChI is InChI=1S/C26H14F2O4S2/c27-21-19-20(24(32)18-16(30)12-11-15(29)17(18)23(19)31)22(28)26(34-14-9-5-2-6-10-14)25(21)33-13-7-3-1-4-8-13/h1-12,29-30H. The summed E-state index contributed by atoms with van der Waals surface area (Å²) in [6, 6.07) is 19.4. The normalized spacial score (nSPS) is 12.4. The Bertz CT molecular complexity index is 1360. The number of ketones is 2. The number of hydrogen-bond donors (Lipinski definition) is 2. The fraction of sp³-hybridized carbons (Fsp3) is 0. The van der Waals surface area contributed by atoms with Crippen LogP contribution in [0.3, 0.4) is 0 Å². The minimum Gasteiger partial charge on any atom is -0.507 e. The average Bonchev–Trinajstić information content (AvgIpc) is 2.84. The topological polar surface area (TPSA) is 74.6 Å². The fourth-order valence-corrected chi connectivity index (χ4v) is 5.81. The van der Waals surface area contributed by atoms with Gasteiger partial charge in [0.2, 0.25) is 11.6 Å². The van der Waals surface area contributed by atoms with Gasteiger partial charge in [0.15, 0.2) is 0 Å². The predicted octanol–water partition coefficient (Wildman–Crippen LogP) is 6.45. The molecule has 0 saturated carbocycles. The summed E-state index contributed by atoms with van der Waals surface area (Å²) < 4.78 is 32.0. The summed E-state index contributed by atoms with van der Waals surface area (Å²) in [4.78, 5) is 27.4. The summed E-state index contributed by atoms with van der Waals surface area (Å²) >= 11 is 1.86. The van der Waals surface area contributed by atoms with Gasteiger partial charge in [0.1, 0.15) is 23.1 Å². The summed E-state index contributed by atoms with van der Waals surface area (Å²) in [7, 11) is 0. The molecule has 0 aromatic heterocycles. The van der Waals surface area contributed by atoms with Crippen LogP contribution < -0.4 is 0 Å². The minimum atomic E-state index is -1.07. The second kappa shape index (κ2) is 8.62.